The molecule has 2 aliphatic carbocycles. The molecule has 2 aliphatic rings. The molecule has 2 rings (SSSR count). The molecule has 0 spiro atoms. The molecular formula is C14H23N. The van der Waals surface area contributed by atoms with Gasteiger partial charge in [0.1, 0.15) is 0 Å². The van der Waals surface area contributed by atoms with E-state index in [4.69, 9.17) is 5.73 Å². The van der Waals surface area contributed by atoms with Gasteiger partial charge in [-0.2, -0.15) is 0 Å². The molecular weight excluding hydrogens is 182 g/mol. The van der Waals surface area contributed by atoms with Crippen molar-refractivity contribution >= 4 is 0 Å². The molecule has 0 aromatic heterocycles. The van der Waals surface area contributed by atoms with Crippen LogP contribution in [0.4, 0.5) is 0 Å². The summed E-state index contributed by atoms with van der Waals surface area (Å²) in [4.78, 5) is 0. The summed E-state index contributed by atoms with van der Waals surface area (Å²) in [6, 6.07) is 0. The van der Waals surface area contributed by atoms with Crippen molar-refractivity contribution < 1.29 is 0 Å². The molecule has 0 amide bonds. The van der Waals surface area contributed by atoms with Crippen molar-refractivity contribution in [3.63, 3.8) is 0 Å². The van der Waals surface area contributed by atoms with Crippen LogP contribution in [0.2, 0.25) is 0 Å². The van der Waals surface area contributed by atoms with Gasteiger partial charge < -0.3 is 5.73 Å². The third kappa shape index (κ3) is 2.45. The van der Waals surface area contributed by atoms with Crippen LogP contribution < -0.4 is 5.73 Å². The number of allylic oxidation sites excluding steroid dienone is 3. The van der Waals surface area contributed by atoms with Crippen LogP contribution in [0.25, 0.3) is 0 Å². The minimum atomic E-state index is 0.766. The number of hydrogen-bond donors (Lipinski definition) is 1. The van der Waals surface area contributed by atoms with Gasteiger partial charge in [0, 0.05) is 5.70 Å². The molecule has 0 radical (unpaired) electrons. The van der Waals surface area contributed by atoms with Crippen molar-refractivity contribution in [1.29, 1.82) is 0 Å². The molecule has 1 heteroatoms. The van der Waals surface area contributed by atoms with Crippen molar-refractivity contribution in [2.45, 2.75) is 45.4 Å². The summed E-state index contributed by atoms with van der Waals surface area (Å²) < 4.78 is 0. The first-order valence-corrected chi connectivity index (χ1v) is 6.45. The topological polar surface area (TPSA) is 26.0 Å². The zero-order valence-electron chi connectivity index (χ0n) is 9.78. The summed E-state index contributed by atoms with van der Waals surface area (Å²) in [6.07, 6.45) is 15.0. The Morgan fingerprint density at radius 3 is 2.80 bits per heavy atom. The van der Waals surface area contributed by atoms with Crippen LogP contribution in [0, 0.1) is 17.8 Å². The minimum Gasteiger partial charge on any atom is -0.399 e. The van der Waals surface area contributed by atoms with E-state index in [2.05, 4.69) is 25.2 Å². The second kappa shape index (κ2) is 4.87. The van der Waals surface area contributed by atoms with Gasteiger partial charge in [0.05, 0.1) is 0 Å². The Bertz CT molecular complexity index is 265. The van der Waals surface area contributed by atoms with Gasteiger partial charge in [-0.3, -0.25) is 0 Å². The van der Waals surface area contributed by atoms with E-state index in [1.807, 2.05) is 0 Å². The monoisotopic (exact) mass is 205 g/mol. The third-order valence-corrected chi connectivity index (χ3v) is 4.20. The Hall–Kier alpha value is -0.720. The average molecular weight is 205 g/mol. The van der Waals surface area contributed by atoms with E-state index >= 15 is 0 Å². The molecule has 0 heterocycles. The zero-order valence-corrected chi connectivity index (χ0v) is 9.78. The lowest BCUT2D eigenvalue weighted by Gasteiger charge is -2.36. The lowest BCUT2D eigenvalue weighted by atomic mass is 9.69. The molecule has 2 N–H and O–H groups in total. The molecule has 3 unspecified atom stereocenters. The largest absolute Gasteiger partial charge is 0.399 e. The van der Waals surface area contributed by atoms with Crippen molar-refractivity contribution in [1.82, 2.24) is 0 Å². The quantitative estimate of drug-likeness (QED) is 0.732. The lowest BCUT2D eigenvalue weighted by Crippen LogP contribution is -2.26. The van der Waals surface area contributed by atoms with Crippen molar-refractivity contribution in [2.75, 3.05) is 0 Å². The summed E-state index contributed by atoms with van der Waals surface area (Å²) in [5.41, 5.74) is 6.72. The smallest absolute Gasteiger partial charge is 0.0270 e. The maximum atomic E-state index is 5.77. The summed E-state index contributed by atoms with van der Waals surface area (Å²) in [5, 5.41) is 0. The lowest BCUT2D eigenvalue weighted by molar-refractivity contribution is 0.180. The molecule has 1 nitrogen and oxygen atoms in total. The average Bonchev–Trinajstić information content (AvgIpc) is 2.30. The van der Waals surface area contributed by atoms with Crippen LogP contribution in [-0.2, 0) is 0 Å². The van der Waals surface area contributed by atoms with Crippen LogP contribution in [0.1, 0.15) is 45.4 Å². The van der Waals surface area contributed by atoms with Crippen LogP contribution in [0.5, 0.6) is 0 Å². The summed E-state index contributed by atoms with van der Waals surface area (Å²) >= 11 is 0. The summed E-state index contributed by atoms with van der Waals surface area (Å²) in [7, 11) is 0. The van der Waals surface area contributed by atoms with Gasteiger partial charge in [-0.25, -0.2) is 0 Å². The first-order valence-electron chi connectivity index (χ1n) is 6.45. The molecule has 0 saturated heterocycles. The SMILES string of the molecule is CCC1CCCCC1C1C=CC(N)=CC1. The van der Waals surface area contributed by atoms with E-state index in [0.717, 1.165) is 23.5 Å². The van der Waals surface area contributed by atoms with Gasteiger partial charge >= 0.3 is 0 Å². The van der Waals surface area contributed by atoms with E-state index in [-0.39, 0.29) is 0 Å². The second-order valence-corrected chi connectivity index (χ2v) is 5.08. The molecule has 84 valence electrons. The maximum Gasteiger partial charge on any atom is 0.0270 e. The summed E-state index contributed by atoms with van der Waals surface area (Å²) in [5.74, 6) is 2.65. The fourth-order valence-corrected chi connectivity index (χ4v) is 3.28. The highest BCUT2D eigenvalue weighted by Gasteiger charge is 2.29. The van der Waals surface area contributed by atoms with Crippen LogP contribution in [-0.4, -0.2) is 0 Å². The van der Waals surface area contributed by atoms with Gasteiger partial charge in [0.25, 0.3) is 0 Å². The first-order chi connectivity index (χ1) is 7.31. The van der Waals surface area contributed by atoms with Crippen LogP contribution >= 0.6 is 0 Å². The molecule has 3 atom stereocenters. The Morgan fingerprint density at radius 1 is 1.33 bits per heavy atom. The fourth-order valence-electron chi connectivity index (χ4n) is 3.28. The number of nitrogens with two attached hydrogens (primary N) is 1. The molecule has 0 aromatic rings. The highest BCUT2D eigenvalue weighted by molar-refractivity contribution is 5.21. The Labute approximate surface area is 93.4 Å². The number of rotatable bonds is 2. The van der Waals surface area contributed by atoms with E-state index < -0.39 is 0 Å². The van der Waals surface area contributed by atoms with Crippen molar-refractivity contribution in [3.8, 4) is 0 Å². The number of hydrogen-bond acceptors (Lipinski definition) is 1. The molecule has 0 aliphatic heterocycles. The highest BCUT2D eigenvalue weighted by atomic mass is 14.6. The predicted molar refractivity (Wildman–Crippen MR) is 65.3 cm³/mol. The predicted octanol–water partition coefficient (Wildman–Crippen LogP) is 3.62. The van der Waals surface area contributed by atoms with Gasteiger partial charge in [0.15, 0.2) is 0 Å². The maximum absolute atomic E-state index is 5.77. The van der Waals surface area contributed by atoms with Crippen LogP contribution in [0.3, 0.4) is 0 Å². The Kier molecular flexibility index (Phi) is 3.50. The minimum absolute atomic E-state index is 0.766. The molecule has 1 saturated carbocycles. The molecule has 0 bridgehead atoms. The van der Waals surface area contributed by atoms with E-state index in [0.29, 0.717) is 0 Å². The highest BCUT2D eigenvalue weighted by Crippen LogP contribution is 2.40. The Morgan fingerprint density at radius 2 is 2.13 bits per heavy atom. The van der Waals surface area contributed by atoms with E-state index in [9.17, 15) is 0 Å². The molecule has 15 heavy (non-hydrogen) atoms. The standard InChI is InChI=1S/C14H23N/c1-2-11-5-3-4-6-14(11)12-7-9-13(15)10-8-12/h7,9-12,14H,2-6,8,15H2,1H3. The van der Waals surface area contributed by atoms with Crippen LogP contribution in [0.15, 0.2) is 23.9 Å². The van der Waals surface area contributed by atoms with Crippen molar-refractivity contribution in [2.24, 2.45) is 23.5 Å². The van der Waals surface area contributed by atoms with Crippen molar-refractivity contribution in [3.05, 3.63) is 23.9 Å². The molecule has 1 fully saturated rings. The fraction of sp³-hybridized carbons (Fsp3) is 0.714. The first kappa shape index (κ1) is 10.8. The molecule has 0 aromatic carbocycles. The van der Waals surface area contributed by atoms with Gasteiger partial charge in [-0.15, -0.1) is 0 Å². The zero-order chi connectivity index (χ0) is 10.7. The Balaban J connectivity index is 2.00. The van der Waals surface area contributed by atoms with Gasteiger partial charge in [0.2, 0.25) is 0 Å². The van der Waals surface area contributed by atoms with E-state index in [1.54, 1.807) is 0 Å². The second-order valence-electron chi connectivity index (χ2n) is 5.08. The normalized spacial score (nSPS) is 36.3. The summed E-state index contributed by atoms with van der Waals surface area (Å²) in [6.45, 7) is 2.35. The van der Waals surface area contributed by atoms with Gasteiger partial charge in [-0.05, 0) is 36.7 Å². The third-order valence-electron chi connectivity index (χ3n) is 4.20. The van der Waals surface area contributed by atoms with Gasteiger partial charge in [-0.1, -0.05) is 44.8 Å². The van der Waals surface area contributed by atoms with E-state index in [1.165, 1.54) is 38.5 Å².